The zero-order valence-electron chi connectivity index (χ0n) is 17.1. The van der Waals surface area contributed by atoms with Crippen LogP contribution in [0.5, 0.6) is 5.75 Å². The molecule has 2 aromatic rings. The summed E-state index contributed by atoms with van der Waals surface area (Å²) in [7, 11) is 3.78. The van der Waals surface area contributed by atoms with Crippen LogP contribution in [0.15, 0.2) is 53.5 Å². The number of benzene rings is 2. The molecule has 29 heavy (non-hydrogen) atoms. The molecule has 1 heterocycles. The number of methoxy groups -OCH3 is 1. The molecule has 6 nitrogen and oxygen atoms in total. The number of nitrogens with two attached hydrogens (primary N) is 1. The second-order valence-corrected chi connectivity index (χ2v) is 7.73. The number of nitrogens with zero attached hydrogens (tertiary/aromatic N) is 3. The maximum Gasteiger partial charge on any atom is 0.193 e. The Morgan fingerprint density at radius 2 is 2.03 bits per heavy atom. The van der Waals surface area contributed by atoms with Crippen molar-refractivity contribution in [3.05, 3.63) is 59.1 Å². The lowest BCUT2D eigenvalue weighted by molar-refractivity contribution is 0.0894. The van der Waals surface area contributed by atoms with Gasteiger partial charge in [-0.3, -0.25) is 9.89 Å². The number of nitrogens with one attached hydrogen (secondary N) is 1. The molecule has 0 aliphatic carbocycles. The Labute approximate surface area is 178 Å². The van der Waals surface area contributed by atoms with Crippen molar-refractivity contribution in [3.63, 3.8) is 0 Å². The number of halogens is 1. The summed E-state index contributed by atoms with van der Waals surface area (Å²) in [5, 5.41) is 3.61. The molecule has 0 spiro atoms. The van der Waals surface area contributed by atoms with Gasteiger partial charge in [-0.15, -0.1) is 0 Å². The van der Waals surface area contributed by atoms with Crippen molar-refractivity contribution in [1.82, 2.24) is 9.80 Å². The van der Waals surface area contributed by atoms with Crippen molar-refractivity contribution in [2.45, 2.75) is 12.5 Å². The molecule has 1 aliphatic rings. The molecule has 1 fully saturated rings. The Morgan fingerprint density at radius 1 is 1.24 bits per heavy atom. The minimum atomic E-state index is 0.393. The lowest BCUT2D eigenvalue weighted by atomic mass is 10.0. The molecule has 1 atom stereocenters. The molecular weight excluding hydrogens is 386 g/mol. The third-order valence-electron chi connectivity index (χ3n) is 5.19. The lowest BCUT2D eigenvalue weighted by Crippen LogP contribution is -2.47. The van der Waals surface area contributed by atoms with Crippen molar-refractivity contribution in [2.75, 3.05) is 52.2 Å². The summed E-state index contributed by atoms with van der Waals surface area (Å²) in [6, 6.07) is 16.6. The Balaban J connectivity index is 1.51. The summed E-state index contributed by atoms with van der Waals surface area (Å²) < 4.78 is 5.16. The van der Waals surface area contributed by atoms with Gasteiger partial charge in [0.25, 0.3) is 0 Å². The summed E-state index contributed by atoms with van der Waals surface area (Å²) >= 11 is 6.15. The molecule has 1 aliphatic heterocycles. The number of ether oxygens (including phenoxy) is 1. The van der Waals surface area contributed by atoms with E-state index in [1.54, 1.807) is 19.2 Å². The van der Waals surface area contributed by atoms with Crippen LogP contribution in [0.4, 0.5) is 5.69 Å². The molecule has 2 aromatic carbocycles. The molecular formula is C22H30ClN5O. The van der Waals surface area contributed by atoms with Crippen molar-refractivity contribution in [2.24, 2.45) is 10.7 Å². The molecule has 3 rings (SSSR count). The number of hydrogen-bond donors (Lipinski definition) is 2. The molecule has 3 N–H and O–H groups in total. The van der Waals surface area contributed by atoms with Gasteiger partial charge in [-0.1, -0.05) is 41.9 Å². The fourth-order valence-corrected chi connectivity index (χ4v) is 3.88. The Kier molecular flexibility index (Phi) is 7.75. The van der Waals surface area contributed by atoms with Gasteiger partial charge in [0, 0.05) is 44.5 Å². The fraction of sp³-hybridized carbons (Fsp3) is 0.409. The van der Waals surface area contributed by atoms with E-state index in [1.165, 1.54) is 5.56 Å². The highest BCUT2D eigenvalue weighted by Gasteiger charge is 2.25. The molecule has 7 heteroatoms. The average Bonchev–Trinajstić information content (AvgIpc) is 2.73. The van der Waals surface area contributed by atoms with Crippen molar-refractivity contribution < 1.29 is 4.74 Å². The first-order valence-corrected chi connectivity index (χ1v) is 10.3. The van der Waals surface area contributed by atoms with Gasteiger partial charge >= 0.3 is 0 Å². The highest BCUT2D eigenvalue weighted by atomic mass is 35.5. The topological polar surface area (TPSA) is 66.1 Å². The van der Waals surface area contributed by atoms with Crippen molar-refractivity contribution >= 4 is 23.2 Å². The number of rotatable bonds is 7. The van der Waals surface area contributed by atoms with Gasteiger partial charge in [-0.25, -0.2) is 0 Å². The van der Waals surface area contributed by atoms with Crippen LogP contribution in [0.3, 0.4) is 0 Å². The van der Waals surface area contributed by atoms with Gasteiger partial charge in [0.05, 0.1) is 12.1 Å². The van der Waals surface area contributed by atoms with E-state index >= 15 is 0 Å². The van der Waals surface area contributed by atoms with Gasteiger partial charge < -0.3 is 20.7 Å². The van der Waals surface area contributed by atoms with Crippen LogP contribution in [-0.2, 0) is 0 Å². The van der Waals surface area contributed by atoms with E-state index in [1.807, 2.05) is 6.07 Å². The first-order chi connectivity index (χ1) is 14.1. The van der Waals surface area contributed by atoms with E-state index in [2.05, 4.69) is 57.5 Å². The number of hydrogen-bond acceptors (Lipinski definition) is 4. The van der Waals surface area contributed by atoms with Crippen LogP contribution in [0, 0.1) is 0 Å². The lowest BCUT2D eigenvalue weighted by Gasteiger charge is -2.40. The van der Waals surface area contributed by atoms with E-state index in [-0.39, 0.29) is 0 Å². The van der Waals surface area contributed by atoms with Crippen LogP contribution in [0.2, 0.25) is 5.02 Å². The van der Waals surface area contributed by atoms with Crippen LogP contribution in [0.25, 0.3) is 0 Å². The smallest absolute Gasteiger partial charge is 0.193 e. The molecule has 156 valence electrons. The molecule has 0 aromatic heterocycles. The summed E-state index contributed by atoms with van der Waals surface area (Å²) in [6.07, 6.45) is 0.957. The minimum absolute atomic E-state index is 0.393. The van der Waals surface area contributed by atoms with Crippen LogP contribution in [-0.4, -0.2) is 62.6 Å². The highest BCUT2D eigenvalue weighted by Crippen LogP contribution is 2.27. The van der Waals surface area contributed by atoms with Gasteiger partial charge in [0.15, 0.2) is 5.96 Å². The SMILES string of the molecule is COc1ccc(NC(N)=NCCCN2CCN(C)CC2c2ccccc2)cc1Cl. The van der Waals surface area contributed by atoms with Crippen molar-refractivity contribution in [3.8, 4) is 5.75 Å². The normalized spacial score (nSPS) is 18.6. The quantitative estimate of drug-likeness (QED) is 0.412. The predicted octanol–water partition coefficient (Wildman–Crippen LogP) is 3.45. The summed E-state index contributed by atoms with van der Waals surface area (Å²) in [5.41, 5.74) is 8.19. The first-order valence-electron chi connectivity index (χ1n) is 9.95. The second kappa shape index (κ2) is 10.5. The van der Waals surface area contributed by atoms with Gasteiger partial charge in [0.2, 0.25) is 0 Å². The number of likely N-dealkylation sites (N-methyl/N-ethyl adjacent to an activating group) is 1. The van der Waals surface area contributed by atoms with Crippen LogP contribution < -0.4 is 15.8 Å². The summed E-state index contributed by atoms with van der Waals surface area (Å²) in [5.74, 6) is 1.03. The minimum Gasteiger partial charge on any atom is -0.495 e. The molecule has 0 radical (unpaired) electrons. The predicted molar refractivity (Wildman–Crippen MR) is 121 cm³/mol. The first kappa shape index (κ1) is 21.4. The third-order valence-corrected chi connectivity index (χ3v) is 5.48. The second-order valence-electron chi connectivity index (χ2n) is 7.32. The van der Waals surface area contributed by atoms with Gasteiger partial charge in [0.1, 0.15) is 5.75 Å². The van der Waals surface area contributed by atoms with E-state index in [9.17, 15) is 0 Å². The van der Waals surface area contributed by atoms with Crippen molar-refractivity contribution in [1.29, 1.82) is 0 Å². The highest BCUT2D eigenvalue weighted by molar-refractivity contribution is 6.32. The number of aliphatic imine (C=N–C) groups is 1. The van der Waals surface area contributed by atoms with E-state index < -0.39 is 0 Å². The van der Waals surface area contributed by atoms with E-state index in [0.29, 0.717) is 29.3 Å². The van der Waals surface area contributed by atoms with Gasteiger partial charge in [-0.2, -0.15) is 0 Å². The zero-order valence-corrected chi connectivity index (χ0v) is 17.9. The standard InChI is InChI=1S/C22H30ClN5O/c1-27-13-14-28(20(16-27)17-7-4-3-5-8-17)12-6-11-25-22(24)26-18-9-10-21(29-2)19(23)15-18/h3-5,7-10,15,20H,6,11-14,16H2,1-2H3,(H3,24,25,26). The van der Waals surface area contributed by atoms with Crippen LogP contribution >= 0.6 is 11.6 Å². The molecule has 1 unspecified atom stereocenters. The summed E-state index contributed by atoms with van der Waals surface area (Å²) in [4.78, 5) is 9.41. The Bertz CT molecular complexity index is 814. The molecule has 0 saturated carbocycles. The van der Waals surface area contributed by atoms with E-state index in [4.69, 9.17) is 22.1 Å². The third kappa shape index (κ3) is 6.10. The number of guanidine groups is 1. The molecule has 0 amide bonds. The maximum atomic E-state index is 6.15. The zero-order chi connectivity index (χ0) is 20.6. The van der Waals surface area contributed by atoms with Gasteiger partial charge in [-0.05, 0) is 37.2 Å². The fourth-order valence-electron chi connectivity index (χ4n) is 3.62. The Hall–Kier alpha value is -2.28. The van der Waals surface area contributed by atoms with E-state index in [0.717, 1.165) is 38.3 Å². The maximum absolute atomic E-state index is 6.15. The molecule has 0 bridgehead atoms. The monoisotopic (exact) mass is 415 g/mol. The molecule has 1 saturated heterocycles. The largest absolute Gasteiger partial charge is 0.495 e. The number of piperazine rings is 1. The Morgan fingerprint density at radius 3 is 2.76 bits per heavy atom. The number of anilines is 1. The summed E-state index contributed by atoms with van der Waals surface area (Å²) in [6.45, 7) is 4.89. The average molecular weight is 416 g/mol. The van der Waals surface area contributed by atoms with Crippen LogP contribution in [0.1, 0.15) is 18.0 Å².